The summed E-state index contributed by atoms with van der Waals surface area (Å²) in [6.45, 7) is 4.90. The zero-order chi connectivity index (χ0) is 18.8. The molecule has 1 N–H and O–H groups in total. The molecule has 7 nitrogen and oxygen atoms in total. The molecular formula is C18H28N4O3. The van der Waals surface area contributed by atoms with Crippen molar-refractivity contribution in [3.05, 3.63) is 36.4 Å². The SMILES string of the molecule is C=CCNC(=NCC(=O)N(C)C)N(C)Cc1ccc(OC)cc1OC. The minimum absolute atomic E-state index is 0.0617. The third kappa shape index (κ3) is 6.37. The fourth-order valence-corrected chi connectivity index (χ4v) is 2.07. The van der Waals surface area contributed by atoms with Gasteiger partial charge in [-0.3, -0.25) is 4.79 Å². The van der Waals surface area contributed by atoms with E-state index in [2.05, 4.69) is 16.9 Å². The third-order valence-corrected chi connectivity index (χ3v) is 3.53. The van der Waals surface area contributed by atoms with Crippen LogP contribution >= 0.6 is 0 Å². The molecule has 7 heteroatoms. The minimum Gasteiger partial charge on any atom is -0.497 e. The predicted molar refractivity (Wildman–Crippen MR) is 100 cm³/mol. The Morgan fingerprint density at radius 2 is 2.00 bits per heavy atom. The molecule has 1 amide bonds. The van der Waals surface area contributed by atoms with Gasteiger partial charge in [0.25, 0.3) is 0 Å². The van der Waals surface area contributed by atoms with E-state index in [1.807, 2.05) is 30.1 Å². The molecule has 1 aromatic rings. The number of carbonyl (C=O) groups excluding carboxylic acids is 1. The van der Waals surface area contributed by atoms with Gasteiger partial charge < -0.3 is 24.6 Å². The molecule has 0 fully saturated rings. The van der Waals surface area contributed by atoms with Crippen molar-refractivity contribution >= 4 is 11.9 Å². The standard InChI is InChI=1S/C18H28N4O3/c1-7-10-19-18(20-12-17(23)21(2)3)22(4)13-14-8-9-15(24-5)11-16(14)25-6/h7-9,11H,1,10,12-13H2,2-6H3,(H,19,20). The van der Waals surface area contributed by atoms with Crippen LogP contribution in [0.3, 0.4) is 0 Å². The number of likely N-dealkylation sites (N-methyl/N-ethyl adjacent to an activating group) is 1. The van der Waals surface area contributed by atoms with Crippen LogP contribution in [0.25, 0.3) is 0 Å². The number of benzene rings is 1. The summed E-state index contributed by atoms with van der Waals surface area (Å²) in [5, 5.41) is 3.17. The number of nitrogens with one attached hydrogen (secondary N) is 1. The van der Waals surface area contributed by atoms with E-state index in [1.54, 1.807) is 34.4 Å². The number of ether oxygens (including phenoxy) is 2. The van der Waals surface area contributed by atoms with Gasteiger partial charge in [0, 0.05) is 45.9 Å². The molecule has 138 valence electrons. The molecule has 0 atom stereocenters. The van der Waals surface area contributed by atoms with Crippen molar-refractivity contribution in [2.24, 2.45) is 4.99 Å². The number of guanidine groups is 1. The summed E-state index contributed by atoms with van der Waals surface area (Å²) < 4.78 is 10.7. The highest BCUT2D eigenvalue weighted by Crippen LogP contribution is 2.25. The smallest absolute Gasteiger partial charge is 0.243 e. The van der Waals surface area contributed by atoms with Crippen molar-refractivity contribution in [3.8, 4) is 11.5 Å². The number of methoxy groups -OCH3 is 2. The van der Waals surface area contributed by atoms with Crippen LogP contribution in [-0.4, -0.2) is 70.1 Å². The van der Waals surface area contributed by atoms with Crippen LogP contribution in [-0.2, 0) is 11.3 Å². The molecule has 0 heterocycles. The van der Waals surface area contributed by atoms with Gasteiger partial charge in [-0.2, -0.15) is 0 Å². The van der Waals surface area contributed by atoms with Crippen molar-refractivity contribution in [1.82, 2.24) is 15.1 Å². The highest BCUT2D eigenvalue weighted by atomic mass is 16.5. The van der Waals surface area contributed by atoms with Crippen LogP contribution in [0, 0.1) is 0 Å². The topological polar surface area (TPSA) is 66.4 Å². The van der Waals surface area contributed by atoms with Crippen LogP contribution < -0.4 is 14.8 Å². The maximum atomic E-state index is 11.8. The molecule has 0 aliphatic heterocycles. The molecular weight excluding hydrogens is 320 g/mol. The summed E-state index contributed by atoms with van der Waals surface area (Å²) in [5.41, 5.74) is 0.984. The fraction of sp³-hybridized carbons (Fsp3) is 0.444. The molecule has 25 heavy (non-hydrogen) atoms. The summed E-state index contributed by atoms with van der Waals surface area (Å²) in [6, 6.07) is 5.67. The summed E-state index contributed by atoms with van der Waals surface area (Å²) >= 11 is 0. The van der Waals surface area contributed by atoms with E-state index in [4.69, 9.17) is 9.47 Å². The van der Waals surface area contributed by atoms with Gasteiger partial charge in [-0.05, 0) is 12.1 Å². The molecule has 0 aliphatic carbocycles. The first-order valence-electron chi connectivity index (χ1n) is 7.94. The summed E-state index contributed by atoms with van der Waals surface area (Å²) in [4.78, 5) is 19.6. The molecule has 0 saturated carbocycles. The van der Waals surface area contributed by atoms with Crippen LogP contribution in [0.5, 0.6) is 11.5 Å². The van der Waals surface area contributed by atoms with E-state index in [9.17, 15) is 4.79 Å². The lowest BCUT2D eigenvalue weighted by Gasteiger charge is -2.23. The predicted octanol–water partition coefficient (Wildman–Crippen LogP) is 1.36. The van der Waals surface area contributed by atoms with E-state index in [0.717, 1.165) is 17.1 Å². The monoisotopic (exact) mass is 348 g/mol. The van der Waals surface area contributed by atoms with E-state index < -0.39 is 0 Å². The van der Waals surface area contributed by atoms with E-state index in [1.165, 1.54) is 4.90 Å². The van der Waals surface area contributed by atoms with Crippen molar-refractivity contribution in [3.63, 3.8) is 0 Å². The average molecular weight is 348 g/mol. The Bertz CT molecular complexity index is 614. The molecule has 0 radical (unpaired) electrons. The Balaban J connectivity index is 2.93. The van der Waals surface area contributed by atoms with E-state index in [-0.39, 0.29) is 12.5 Å². The van der Waals surface area contributed by atoms with Gasteiger partial charge in [0.2, 0.25) is 5.91 Å². The Labute approximate surface area is 149 Å². The van der Waals surface area contributed by atoms with Crippen LogP contribution in [0.4, 0.5) is 0 Å². The lowest BCUT2D eigenvalue weighted by molar-refractivity contribution is -0.127. The summed E-state index contributed by atoms with van der Waals surface area (Å²) in [5.74, 6) is 2.03. The van der Waals surface area contributed by atoms with Crippen molar-refractivity contribution in [2.75, 3.05) is 48.5 Å². The number of hydrogen-bond acceptors (Lipinski definition) is 4. The second-order valence-corrected chi connectivity index (χ2v) is 5.63. The summed E-state index contributed by atoms with van der Waals surface area (Å²) in [6.07, 6.45) is 1.74. The third-order valence-electron chi connectivity index (χ3n) is 3.53. The molecule has 1 rings (SSSR count). The first kappa shape index (κ1) is 20.3. The Kier molecular flexibility index (Phi) is 8.32. The zero-order valence-corrected chi connectivity index (χ0v) is 15.7. The lowest BCUT2D eigenvalue weighted by Crippen LogP contribution is -2.39. The number of rotatable bonds is 8. The van der Waals surface area contributed by atoms with Gasteiger partial charge in [-0.25, -0.2) is 4.99 Å². The van der Waals surface area contributed by atoms with E-state index >= 15 is 0 Å². The molecule has 0 bridgehead atoms. The quantitative estimate of drug-likeness (QED) is 0.436. The van der Waals surface area contributed by atoms with Crippen LogP contribution in [0.2, 0.25) is 0 Å². The second-order valence-electron chi connectivity index (χ2n) is 5.63. The molecule has 0 aliphatic rings. The number of amides is 1. The largest absolute Gasteiger partial charge is 0.497 e. The lowest BCUT2D eigenvalue weighted by atomic mass is 10.2. The van der Waals surface area contributed by atoms with Crippen LogP contribution in [0.15, 0.2) is 35.8 Å². The maximum absolute atomic E-state index is 11.8. The van der Waals surface area contributed by atoms with Gasteiger partial charge >= 0.3 is 0 Å². The highest BCUT2D eigenvalue weighted by molar-refractivity contribution is 5.84. The maximum Gasteiger partial charge on any atom is 0.243 e. The number of hydrogen-bond donors (Lipinski definition) is 1. The van der Waals surface area contributed by atoms with Gasteiger partial charge in [-0.15, -0.1) is 6.58 Å². The average Bonchev–Trinajstić information content (AvgIpc) is 2.61. The zero-order valence-electron chi connectivity index (χ0n) is 15.7. The molecule has 0 spiro atoms. The van der Waals surface area contributed by atoms with Crippen LogP contribution in [0.1, 0.15) is 5.56 Å². The highest BCUT2D eigenvalue weighted by Gasteiger charge is 2.12. The first-order valence-corrected chi connectivity index (χ1v) is 7.94. The first-order chi connectivity index (χ1) is 11.9. The molecule has 0 saturated heterocycles. The van der Waals surface area contributed by atoms with Crippen molar-refractivity contribution < 1.29 is 14.3 Å². The number of carbonyl (C=O) groups is 1. The van der Waals surface area contributed by atoms with Gasteiger partial charge in [0.15, 0.2) is 5.96 Å². The summed E-state index contributed by atoms with van der Waals surface area (Å²) in [7, 11) is 8.56. The van der Waals surface area contributed by atoms with Crippen molar-refractivity contribution in [2.45, 2.75) is 6.54 Å². The molecule has 0 aromatic heterocycles. The van der Waals surface area contributed by atoms with Gasteiger partial charge in [-0.1, -0.05) is 6.08 Å². The normalized spacial score (nSPS) is 10.8. The van der Waals surface area contributed by atoms with Gasteiger partial charge in [0.05, 0.1) is 14.2 Å². The second kappa shape index (κ2) is 10.2. The Hall–Kier alpha value is -2.70. The minimum atomic E-state index is -0.0617. The van der Waals surface area contributed by atoms with Crippen molar-refractivity contribution in [1.29, 1.82) is 0 Å². The molecule has 0 unspecified atom stereocenters. The van der Waals surface area contributed by atoms with E-state index in [0.29, 0.717) is 19.0 Å². The Morgan fingerprint density at radius 3 is 2.56 bits per heavy atom. The number of aliphatic imine (C=N–C) groups is 1. The van der Waals surface area contributed by atoms with Gasteiger partial charge in [0.1, 0.15) is 18.0 Å². The fourth-order valence-electron chi connectivity index (χ4n) is 2.07. The number of nitrogens with zero attached hydrogens (tertiary/aromatic N) is 3. The Morgan fingerprint density at radius 1 is 1.28 bits per heavy atom. The molecule has 1 aromatic carbocycles.